The van der Waals surface area contributed by atoms with E-state index in [0.29, 0.717) is 39.1 Å². The van der Waals surface area contributed by atoms with Crippen LogP contribution in [-0.4, -0.2) is 64.3 Å². The standard InChI is InChI=1S/C18H23N5O2/c1-14(24)22-9-11-23(12-10-22)17(25)7-4-8-19-18-15-5-2-3-6-16(15)20-13-21-18/h2-3,5-6,13H,4,7-12H2,1H3,(H,19,20,21). The number of nitrogens with zero attached hydrogens (tertiary/aromatic N) is 4. The van der Waals surface area contributed by atoms with E-state index in [1.54, 1.807) is 18.2 Å². The summed E-state index contributed by atoms with van der Waals surface area (Å²) in [6.07, 6.45) is 2.78. The van der Waals surface area contributed by atoms with Gasteiger partial charge in [-0.15, -0.1) is 0 Å². The summed E-state index contributed by atoms with van der Waals surface area (Å²) in [5.74, 6) is 1.03. The molecule has 7 nitrogen and oxygen atoms in total. The van der Waals surface area contributed by atoms with E-state index in [2.05, 4.69) is 15.3 Å². The van der Waals surface area contributed by atoms with Crippen LogP contribution in [0.4, 0.5) is 5.82 Å². The number of carbonyl (C=O) groups excluding carboxylic acids is 2. The summed E-state index contributed by atoms with van der Waals surface area (Å²) in [4.78, 5) is 35.7. The molecule has 0 saturated carbocycles. The van der Waals surface area contributed by atoms with Gasteiger partial charge in [0.2, 0.25) is 11.8 Å². The highest BCUT2D eigenvalue weighted by atomic mass is 16.2. The van der Waals surface area contributed by atoms with Crippen LogP contribution in [0.5, 0.6) is 0 Å². The maximum Gasteiger partial charge on any atom is 0.222 e. The molecule has 1 aliphatic rings. The van der Waals surface area contributed by atoms with Crippen molar-refractivity contribution in [1.82, 2.24) is 19.8 Å². The van der Waals surface area contributed by atoms with E-state index >= 15 is 0 Å². The molecule has 0 bridgehead atoms. The fourth-order valence-corrected chi connectivity index (χ4v) is 3.02. The van der Waals surface area contributed by atoms with Crippen molar-refractivity contribution in [2.75, 3.05) is 38.0 Å². The van der Waals surface area contributed by atoms with Crippen molar-refractivity contribution in [2.24, 2.45) is 0 Å². The smallest absolute Gasteiger partial charge is 0.222 e. The SMILES string of the molecule is CC(=O)N1CCN(C(=O)CCCNc2ncnc3ccccc23)CC1. The van der Waals surface area contributed by atoms with Crippen molar-refractivity contribution in [2.45, 2.75) is 19.8 Å². The van der Waals surface area contributed by atoms with Crippen molar-refractivity contribution in [3.05, 3.63) is 30.6 Å². The highest BCUT2D eigenvalue weighted by Crippen LogP contribution is 2.18. The Kier molecular flexibility index (Phi) is 5.42. The van der Waals surface area contributed by atoms with E-state index in [0.717, 1.165) is 23.1 Å². The molecule has 0 spiro atoms. The zero-order chi connectivity index (χ0) is 17.6. The van der Waals surface area contributed by atoms with E-state index in [-0.39, 0.29) is 11.8 Å². The number of nitrogens with one attached hydrogen (secondary N) is 1. The number of hydrogen-bond acceptors (Lipinski definition) is 5. The van der Waals surface area contributed by atoms with Crippen molar-refractivity contribution in [3.63, 3.8) is 0 Å². The zero-order valence-corrected chi connectivity index (χ0v) is 14.4. The number of anilines is 1. The van der Waals surface area contributed by atoms with Gasteiger partial charge in [0.25, 0.3) is 0 Å². The molecular formula is C18H23N5O2. The van der Waals surface area contributed by atoms with Crippen LogP contribution in [0.3, 0.4) is 0 Å². The van der Waals surface area contributed by atoms with Crippen LogP contribution in [0.2, 0.25) is 0 Å². The normalized spacial score (nSPS) is 14.6. The van der Waals surface area contributed by atoms with Crippen LogP contribution < -0.4 is 5.32 Å². The Morgan fingerprint density at radius 3 is 2.56 bits per heavy atom. The number of piperazine rings is 1. The maximum absolute atomic E-state index is 12.3. The Labute approximate surface area is 147 Å². The maximum atomic E-state index is 12.3. The largest absolute Gasteiger partial charge is 0.369 e. The Balaban J connectivity index is 1.44. The van der Waals surface area contributed by atoms with Crippen LogP contribution in [0.1, 0.15) is 19.8 Å². The molecule has 1 aromatic heterocycles. The second-order valence-electron chi connectivity index (χ2n) is 6.16. The average molecular weight is 341 g/mol. The third kappa shape index (κ3) is 4.23. The first-order valence-electron chi connectivity index (χ1n) is 8.62. The van der Waals surface area contributed by atoms with E-state index in [4.69, 9.17) is 0 Å². The van der Waals surface area contributed by atoms with Gasteiger partial charge >= 0.3 is 0 Å². The van der Waals surface area contributed by atoms with Gasteiger partial charge in [0, 0.05) is 51.5 Å². The van der Waals surface area contributed by atoms with E-state index in [9.17, 15) is 9.59 Å². The number of benzene rings is 1. The summed E-state index contributed by atoms with van der Waals surface area (Å²) >= 11 is 0. The highest BCUT2D eigenvalue weighted by molar-refractivity contribution is 5.88. The minimum Gasteiger partial charge on any atom is -0.369 e. The highest BCUT2D eigenvalue weighted by Gasteiger charge is 2.21. The second-order valence-corrected chi connectivity index (χ2v) is 6.16. The summed E-state index contributed by atoms with van der Waals surface area (Å²) in [5.41, 5.74) is 0.902. The van der Waals surface area contributed by atoms with Gasteiger partial charge in [-0.2, -0.15) is 0 Å². The van der Waals surface area contributed by atoms with Gasteiger partial charge in [-0.1, -0.05) is 12.1 Å². The van der Waals surface area contributed by atoms with Crippen molar-refractivity contribution >= 4 is 28.5 Å². The van der Waals surface area contributed by atoms with Crippen LogP contribution in [0, 0.1) is 0 Å². The lowest BCUT2D eigenvalue weighted by Gasteiger charge is -2.34. The van der Waals surface area contributed by atoms with E-state index in [1.165, 1.54) is 0 Å². The van der Waals surface area contributed by atoms with Gasteiger partial charge in [-0.25, -0.2) is 9.97 Å². The van der Waals surface area contributed by atoms with E-state index < -0.39 is 0 Å². The second kappa shape index (κ2) is 7.92. The minimum absolute atomic E-state index is 0.0772. The first-order valence-corrected chi connectivity index (χ1v) is 8.62. The number of hydrogen-bond donors (Lipinski definition) is 1. The Morgan fingerprint density at radius 2 is 1.80 bits per heavy atom. The average Bonchev–Trinajstić information content (AvgIpc) is 2.65. The summed E-state index contributed by atoms with van der Waals surface area (Å²) in [5, 5.41) is 4.28. The van der Waals surface area contributed by atoms with Crippen LogP contribution in [0.15, 0.2) is 30.6 Å². The van der Waals surface area contributed by atoms with Crippen molar-refractivity contribution in [3.8, 4) is 0 Å². The molecule has 0 aliphatic carbocycles. The number of rotatable bonds is 5. The first-order chi connectivity index (χ1) is 12.1. The molecule has 0 atom stereocenters. The third-order valence-corrected chi connectivity index (χ3v) is 4.48. The van der Waals surface area contributed by atoms with Gasteiger partial charge in [-0.05, 0) is 18.6 Å². The number of fused-ring (bicyclic) bond motifs is 1. The van der Waals surface area contributed by atoms with Gasteiger partial charge in [0.1, 0.15) is 12.1 Å². The molecule has 1 fully saturated rings. The molecule has 1 aliphatic heterocycles. The fourth-order valence-electron chi connectivity index (χ4n) is 3.02. The molecule has 1 aromatic carbocycles. The molecule has 2 amide bonds. The minimum atomic E-state index is 0.0772. The molecule has 0 radical (unpaired) electrons. The van der Waals surface area contributed by atoms with Gasteiger partial charge < -0.3 is 15.1 Å². The van der Waals surface area contributed by atoms with Crippen LogP contribution in [-0.2, 0) is 9.59 Å². The van der Waals surface area contributed by atoms with E-state index in [1.807, 2.05) is 29.2 Å². The van der Waals surface area contributed by atoms with Gasteiger partial charge in [-0.3, -0.25) is 9.59 Å². The topological polar surface area (TPSA) is 78.4 Å². The molecule has 3 rings (SSSR count). The van der Waals surface area contributed by atoms with Crippen LogP contribution in [0.25, 0.3) is 10.9 Å². The summed E-state index contributed by atoms with van der Waals surface area (Å²) in [6.45, 7) is 4.77. The number of aromatic nitrogens is 2. The van der Waals surface area contributed by atoms with Crippen LogP contribution >= 0.6 is 0 Å². The number of para-hydroxylation sites is 1. The molecule has 2 aromatic rings. The lowest BCUT2D eigenvalue weighted by molar-refractivity contribution is -0.138. The molecule has 1 saturated heterocycles. The molecule has 1 N–H and O–H groups in total. The predicted molar refractivity (Wildman–Crippen MR) is 96.1 cm³/mol. The summed E-state index contributed by atoms with van der Waals surface area (Å²) < 4.78 is 0. The molecular weight excluding hydrogens is 318 g/mol. The molecule has 2 heterocycles. The predicted octanol–water partition coefficient (Wildman–Crippen LogP) is 1.51. The lowest BCUT2D eigenvalue weighted by atomic mass is 10.2. The Bertz CT molecular complexity index is 751. The molecule has 132 valence electrons. The van der Waals surface area contributed by atoms with Crippen molar-refractivity contribution in [1.29, 1.82) is 0 Å². The van der Waals surface area contributed by atoms with Gasteiger partial charge in [0.05, 0.1) is 5.52 Å². The Hall–Kier alpha value is -2.70. The first kappa shape index (κ1) is 17.1. The quantitative estimate of drug-likeness (QED) is 0.834. The fraction of sp³-hybridized carbons (Fsp3) is 0.444. The molecule has 7 heteroatoms. The zero-order valence-electron chi connectivity index (χ0n) is 14.4. The van der Waals surface area contributed by atoms with Gasteiger partial charge in [0.15, 0.2) is 0 Å². The number of carbonyl (C=O) groups is 2. The molecule has 0 unspecified atom stereocenters. The molecule has 25 heavy (non-hydrogen) atoms. The third-order valence-electron chi connectivity index (χ3n) is 4.48. The Morgan fingerprint density at radius 1 is 1.08 bits per heavy atom. The monoisotopic (exact) mass is 341 g/mol. The summed E-state index contributed by atoms with van der Waals surface area (Å²) in [6, 6.07) is 7.84. The lowest BCUT2D eigenvalue weighted by Crippen LogP contribution is -2.50. The number of amides is 2. The summed E-state index contributed by atoms with van der Waals surface area (Å²) in [7, 11) is 0. The van der Waals surface area contributed by atoms with Crippen molar-refractivity contribution < 1.29 is 9.59 Å².